The van der Waals surface area contributed by atoms with Crippen molar-refractivity contribution < 1.29 is 19.1 Å². The number of amides is 1. The Bertz CT molecular complexity index is 443. The van der Waals surface area contributed by atoms with Crippen molar-refractivity contribution in [1.29, 1.82) is 0 Å². The van der Waals surface area contributed by atoms with E-state index in [9.17, 15) is 9.59 Å². The van der Waals surface area contributed by atoms with Crippen LogP contribution in [0.1, 0.15) is 72.6 Å². The van der Waals surface area contributed by atoms with Gasteiger partial charge in [-0.25, -0.2) is 4.79 Å². The van der Waals surface area contributed by atoms with E-state index in [-0.39, 0.29) is 12.1 Å². The van der Waals surface area contributed by atoms with Crippen molar-refractivity contribution in [2.45, 2.75) is 78.2 Å². The van der Waals surface area contributed by atoms with Crippen LogP contribution in [-0.2, 0) is 14.3 Å². The van der Waals surface area contributed by atoms with Crippen molar-refractivity contribution in [2.75, 3.05) is 19.7 Å². The second-order valence-electron chi connectivity index (χ2n) is 8.52. The van der Waals surface area contributed by atoms with Crippen LogP contribution in [0, 0.1) is 17.8 Å². The molecule has 0 bridgehead atoms. The van der Waals surface area contributed by atoms with Crippen molar-refractivity contribution in [3.05, 3.63) is 0 Å². The summed E-state index contributed by atoms with van der Waals surface area (Å²) in [4.78, 5) is 26.1. The van der Waals surface area contributed by atoms with Crippen molar-refractivity contribution >= 4 is 12.1 Å². The Morgan fingerprint density at radius 2 is 1.60 bits per heavy atom. The molecule has 5 nitrogen and oxygen atoms in total. The van der Waals surface area contributed by atoms with E-state index in [1.165, 1.54) is 25.7 Å². The average Bonchev–Trinajstić information content (AvgIpc) is 3.05. The topological polar surface area (TPSA) is 55.8 Å². The molecule has 0 spiro atoms. The molecule has 1 saturated carbocycles. The van der Waals surface area contributed by atoms with Gasteiger partial charge in [0.1, 0.15) is 5.60 Å². The molecule has 5 heteroatoms. The molecule has 1 aliphatic heterocycles. The first kappa shape index (κ1) is 20.1. The maximum Gasteiger partial charge on any atom is 0.410 e. The van der Waals surface area contributed by atoms with Gasteiger partial charge in [-0.15, -0.1) is 0 Å². The van der Waals surface area contributed by atoms with Crippen LogP contribution in [0.4, 0.5) is 4.79 Å². The number of carbonyl (C=O) groups is 2. The first-order valence-corrected chi connectivity index (χ1v) is 9.93. The van der Waals surface area contributed by atoms with Gasteiger partial charge in [0.2, 0.25) is 0 Å². The summed E-state index contributed by atoms with van der Waals surface area (Å²) in [5, 5.41) is 0. The summed E-state index contributed by atoms with van der Waals surface area (Å²) in [5.74, 6) is 1.49. The lowest BCUT2D eigenvalue weighted by Gasteiger charge is -2.38. The third-order valence-corrected chi connectivity index (χ3v) is 5.51. The SMILES string of the molecule is CCOC(=O)CC(C1CCCC1)C1CCN(C(=O)OC(C)(C)C)CC1. The van der Waals surface area contributed by atoms with Crippen LogP contribution in [0.3, 0.4) is 0 Å². The van der Waals surface area contributed by atoms with Crippen molar-refractivity contribution in [1.82, 2.24) is 4.90 Å². The Morgan fingerprint density at radius 1 is 1.04 bits per heavy atom. The highest BCUT2D eigenvalue weighted by atomic mass is 16.6. The molecule has 1 atom stereocenters. The van der Waals surface area contributed by atoms with Crippen LogP contribution >= 0.6 is 0 Å². The number of nitrogens with zero attached hydrogens (tertiary/aromatic N) is 1. The molecule has 2 rings (SSSR count). The predicted molar refractivity (Wildman–Crippen MR) is 97.2 cm³/mol. The van der Waals surface area contributed by atoms with Gasteiger partial charge in [-0.1, -0.05) is 25.7 Å². The van der Waals surface area contributed by atoms with E-state index in [0.717, 1.165) is 25.9 Å². The third kappa shape index (κ3) is 6.19. The summed E-state index contributed by atoms with van der Waals surface area (Å²) in [5.41, 5.74) is -0.454. The second kappa shape index (κ2) is 8.91. The number of hydrogen-bond donors (Lipinski definition) is 0. The Morgan fingerprint density at radius 3 is 2.12 bits per heavy atom. The molecule has 1 unspecified atom stereocenters. The fourth-order valence-electron chi connectivity index (χ4n) is 4.35. The second-order valence-corrected chi connectivity index (χ2v) is 8.52. The Labute approximate surface area is 152 Å². The normalized spacial score (nSPS) is 21.2. The molecule has 1 heterocycles. The lowest BCUT2D eigenvalue weighted by molar-refractivity contribution is -0.145. The molecule has 0 aromatic heterocycles. The fraction of sp³-hybridized carbons (Fsp3) is 0.900. The molecule has 2 aliphatic rings. The highest BCUT2D eigenvalue weighted by molar-refractivity contribution is 5.70. The molecular formula is C20H35NO4. The quantitative estimate of drug-likeness (QED) is 0.688. The van der Waals surface area contributed by atoms with Gasteiger partial charge in [0.15, 0.2) is 0 Å². The molecule has 0 N–H and O–H groups in total. The lowest BCUT2D eigenvalue weighted by Crippen LogP contribution is -2.43. The zero-order valence-corrected chi connectivity index (χ0v) is 16.4. The number of esters is 1. The number of piperidine rings is 1. The number of hydrogen-bond acceptors (Lipinski definition) is 4. The molecule has 1 aliphatic carbocycles. The summed E-state index contributed by atoms with van der Waals surface area (Å²) in [6, 6.07) is 0. The zero-order valence-electron chi connectivity index (χ0n) is 16.4. The van der Waals surface area contributed by atoms with Crippen LogP contribution < -0.4 is 0 Å². The number of carbonyl (C=O) groups excluding carboxylic acids is 2. The standard InChI is InChI=1S/C20H35NO4/c1-5-24-18(22)14-17(15-8-6-7-9-15)16-10-12-21(13-11-16)19(23)25-20(2,3)4/h15-17H,5-14H2,1-4H3. The summed E-state index contributed by atoms with van der Waals surface area (Å²) in [7, 11) is 0. The van der Waals surface area contributed by atoms with Gasteiger partial charge < -0.3 is 14.4 Å². The molecular weight excluding hydrogens is 318 g/mol. The van der Waals surface area contributed by atoms with E-state index < -0.39 is 5.60 Å². The van der Waals surface area contributed by atoms with E-state index >= 15 is 0 Å². The summed E-state index contributed by atoms with van der Waals surface area (Å²) >= 11 is 0. The predicted octanol–water partition coefficient (Wildman–Crippen LogP) is 4.39. The minimum Gasteiger partial charge on any atom is -0.466 e. The van der Waals surface area contributed by atoms with Gasteiger partial charge in [-0.3, -0.25) is 4.79 Å². The monoisotopic (exact) mass is 353 g/mol. The number of likely N-dealkylation sites (tertiary alicyclic amines) is 1. The van der Waals surface area contributed by atoms with Gasteiger partial charge in [-0.05, 0) is 58.3 Å². The molecule has 144 valence electrons. The number of rotatable bonds is 5. The molecule has 0 radical (unpaired) electrons. The fourth-order valence-corrected chi connectivity index (χ4v) is 4.35. The van der Waals surface area contributed by atoms with E-state index in [1.54, 1.807) is 0 Å². The van der Waals surface area contributed by atoms with Gasteiger partial charge in [0.05, 0.1) is 6.61 Å². The van der Waals surface area contributed by atoms with E-state index in [4.69, 9.17) is 9.47 Å². The minimum absolute atomic E-state index is 0.0611. The Kier molecular flexibility index (Phi) is 7.14. The Balaban J connectivity index is 1.91. The molecule has 1 saturated heterocycles. The lowest BCUT2D eigenvalue weighted by atomic mass is 9.74. The number of ether oxygens (including phenoxy) is 2. The van der Waals surface area contributed by atoms with Crippen LogP contribution in [0.15, 0.2) is 0 Å². The largest absolute Gasteiger partial charge is 0.466 e. The summed E-state index contributed by atoms with van der Waals surface area (Å²) < 4.78 is 10.7. The molecule has 1 amide bonds. The molecule has 25 heavy (non-hydrogen) atoms. The van der Waals surface area contributed by atoms with Crippen LogP contribution in [0.5, 0.6) is 0 Å². The highest BCUT2D eigenvalue weighted by Gasteiger charge is 2.36. The van der Waals surface area contributed by atoms with Crippen LogP contribution in [-0.4, -0.2) is 42.3 Å². The molecule has 0 aromatic carbocycles. The van der Waals surface area contributed by atoms with Crippen molar-refractivity contribution in [3.8, 4) is 0 Å². The molecule has 2 fully saturated rings. The highest BCUT2D eigenvalue weighted by Crippen LogP contribution is 2.41. The molecule has 0 aromatic rings. The van der Waals surface area contributed by atoms with Gasteiger partial charge in [0.25, 0.3) is 0 Å². The van der Waals surface area contributed by atoms with E-state index in [2.05, 4.69) is 0 Å². The minimum atomic E-state index is -0.454. The van der Waals surface area contributed by atoms with Gasteiger partial charge in [-0.2, -0.15) is 0 Å². The smallest absolute Gasteiger partial charge is 0.410 e. The van der Waals surface area contributed by atoms with Gasteiger partial charge >= 0.3 is 12.1 Å². The maximum atomic E-state index is 12.2. The summed E-state index contributed by atoms with van der Waals surface area (Å²) in [6.07, 6.45) is 7.26. The van der Waals surface area contributed by atoms with Crippen molar-refractivity contribution in [2.24, 2.45) is 17.8 Å². The van der Waals surface area contributed by atoms with Crippen LogP contribution in [0.25, 0.3) is 0 Å². The van der Waals surface area contributed by atoms with E-state index in [0.29, 0.717) is 30.8 Å². The maximum absolute atomic E-state index is 12.2. The zero-order chi connectivity index (χ0) is 18.4. The third-order valence-electron chi connectivity index (χ3n) is 5.51. The van der Waals surface area contributed by atoms with Crippen molar-refractivity contribution in [3.63, 3.8) is 0 Å². The van der Waals surface area contributed by atoms with Crippen LogP contribution in [0.2, 0.25) is 0 Å². The first-order valence-electron chi connectivity index (χ1n) is 9.93. The van der Waals surface area contributed by atoms with Gasteiger partial charge in [0, 0.05) is 19.5 Å². The average molecular weight is 354 g/mol. The Hall–Kier alpha value is -1.26. The first-order chi connectivity index (χ1) is 11.8. The summed E-state index contributed by atoms with van der Waals surface area (Å²) in [6.45, 7) is 9.46. The van der Waals surface area contributed by atoms with E-state index in [1.807, 2.05) is 32.6 Å².